The molecular formula is C45H69N11O14. The molecule has 0 aromatic heterocycles. The van der Waals surface area contributed by atoms with Gasteiger partial charge in [-0.1, -0.05) is 39.8 Å². The molecule has 2 fully saturated rings. The monoisotopic (exact) mass is 988 g/mol. The Morgan fingerprint density at radius 1 is 0.700 bits per heavy atom. The summed E-state index contributed by atoms with van der Waals surface area (Å²) in [5.41, 5.74) is 5.83. The lowest BCUT2D eigenvalue weighted by Gasteiger charge is -2.26. The Morgan fingerprint density at radius 2 is 1.27 bits per heavy atom. The number of carboxylic acids is 1. The molecule has 0 radical (unpaired) electrons. The Bertz CT molecular complexity index is 2050. The first-order chi connectivity index (χ1) is 32.9. The van der Waals surface area contributed by atoms with Crippen molar-refractivity contribution in [3.05, 3.63) is 29.8 Å². The van der Waals surface area contributed by atoms with E-state index in [0.29, 0.717) is 12.0 Å². The van der Waals surface area contributed by atoms with Gasteiger partial charge in [-0.15, -0.1) is 0 Å². The zero-order chi connectivity index (χ0) is 52.2. The second kappa shape index (κ2) is 27.9. The number of likely N-dealkylation sites (tertiary alicyclic amines) is 1. The third-order valence-electron chi connectivity index (χ3n) is 11.3. The average molecular weight is 988 g/mol. The van der Waals surface area contributed by atoms with E-state index in [1.54, 1.807) is 27.7 Å². The van der Waals surface area contributed by atoms with Crippen molar-refractivity contribution in [2.45, 2.75) is 134 Å². The molecule has 10 amide bonds. The number of aliphatic hydroxyl groups is 1. The summed E-state index contributed by atoms with van der Waals surface area (Å²) in [5, 5.41) is 51.5. The average Bonchev–Trinajstić information content (AvgIpc) is 3.97. The molecule has 0 aliphatic carbocycles. The van der Waals surface area contributed by atoms with Gasteiger partial charge in [-0.25, -0.2) is 4.79 Å². The molecule has 14 N–H and O–H groups in total. The topological polar surface area (TPSA) is 386 Å². The standard InChI is InChI=1S/C45H69N11O14/c1-23(2)15-31(54-42(66)29(12-13-35(46)59)52-36(60)20-48-40(64)30-18-28(58)19-47-30)41(65)49-21-37(61)53-32(16-24(3)4)43(67)51-25(5)39(63)50-22-38(62)56-14-6-7-34(56)44(68)55-33(45(69)70)17-26-8-10-27(57)11-9-26/h8-11,23-25,28-34,47,57-58H,6-7,12-22H2,1-5H3,(H2,46,59)(H,48,64)(H,49,65)(H,50,63)(H,51,67)(H,52,60)(H,53,61)(H,54,66)(H,55,68)(H,69,70)/t25-,28+,29-,30-,31-,32-,33-,34-/m0/s1. The number of nitrogens with two attached hydrogens (primary N) is 1. The quantitative estimate of drug-likeness (QED) is 0.0398. The van der Waals surface area contributed by atoms with Crippen LogP contribution in [0.15, 0.2) is 24.3 Å². The summed E-state index contributed by atoms with van der Waals surface area (Å²) in [6.45, 7) is 7.14. The summed E-state index contributed by atoms with van der Waals surface area (Å²) in [7, 11) is 0. The number of carbonyl (C=O) groups excluding carboxylic acids is 10. The minimum atomic E-state index is -1.35. The van der Waals surface area contributed by atoms with Gasteiger partial charge in [0.2, 0.25) is 59.1 Å². The van der Waals surface area contributed by atoms with E-state index in [1.807, 2.05) is 0 Å². The minimum absolute atomic E-state index is 0.00952. The van der Waals surface area contributed by atoms with Crippen LogP contribution in [0.1, 0.15) is 85.1 Å². The molecule has 25 nitrogen and oxygen atoms in total. The van der Waals surface area contributed by atoms with E-state index >= 15 is 0 Å². The lowest BCUT2D eigenvalue weighted by atomic mass is 10.0. The maximum absolute atomic E-state index is 13.5. The lowest BCUT2D eigenvalue weighted by Crippen LogP contribution is -2.57. The van der Waals surface area contributed by atoms with Crippen molar-refractivity contribution >= 4 is 65.0 Å². The van der Waals surface area contributed by atoms with E-state index in [4.69, 9.17) is 5.73 Å². The number of carbonyl (C=O) groups is 11. The summed E-state index contributed by atoms with van der Waals surface area (Å²) < 4.78 is 0. The Hall–Kier alpha value is -6.89. The van der Waals surface area contributed by atoms with Gasteiger partial charge in [-0.3, -0.25) is 47.9 Å². The SMILES string of the molecule is CC(C)C[C@H](NC(=O)CNC(=O)[C@H](CC(C)C)NC(=O)[C@H](CCC(N)=O)NC(=O)CNC(=O)[C@@H]1C[C@@H](O)CN1)C(=O)N[C@@H](C)C(=O)NCC(=O)N1CCC[C@H]1C(=O)N[C@@H](Cc1ccc(O)cc1)C(=O)O. The van der Waals surface area contributed by atoms with Gasteiger partial charge in [0.25, 0.3) is 0 Å². The van der Waals surface area contributed by atoms with Crippen LogP contribution in [0.25, 0.3) is 0 Å². The van der Waals surface area contributed by atoms with Crippen molar-refractivity contribution in [3.63, 3.8) is 0 Å². The van der Waals surface area contributed by atoms with Crippen molar-refractivity contribution in [2.24, 2.45) is 17.6 Å². The molecule has 2 saturated heterocycles. The highest BCUT2D eigenvalue weighted by Crippen LogP contribution is 2.19. The maximum atomic E-state index is 13.5. The molecule has 2 aliphatic heterocycles. The number of aromatic hydroxyl groups is 1. The van der Waals surface area contributed by atoms with Gasteiger partial charge in [-0.2, -0.15) is 0 Å². The van der Waals surface area contributed by atoms with Gasteiger partial charge in [0.05, 0.1) is 31.8 Å². The number of phenols is 1. The van der Waals surface area contributed by atoms with E-state index in [-0.39, 0.29) is 75.6 Å². The van der Waals surface area contributed by atoms with E-state index in [1.165, 1.54) is 36.1 Å². The predicted molar refractivity (Wildman–Crippen MR) is 248 cm³/mol. The molecule has 8 atom stereocenters. The number of hydrogen-bond acceptors (Lipinski definition) is 14. The molecule has 388 valence electrons. The number of aliphatic hydroxyl groups excluding tert-OH is 1. The number of benzene rings is 1. The van der Waals surface area contributed by atoms with E-state index in [0.717, 1.165) is 0 Å². The molecule has 0 saturated carbocycles. The molecule has 1 aromatic rings. The van der Waals surface area contributed by atoms with Crippen LogP contribution in [-0.4, -0.2) is 166 Å². The van der Waals surface area contributed by atoms with Crippen LogP contribution in [0.3, 0.4) is 0 Å². The van der Waals surface area contributed by atoms with Crippen molar-refractivity contribution in [1.29, 1.82) is 0 Å². The number of aliphatic carboxylic acids is 1. The fourth-order valence-corrected chi connectivity index (χ4v) is 7.69. The zero-order valence-corrected chi connectivity index (χ0v) is 40.1. The first kappa shape index (κ1) is 57.4. The van der Waals surface area contributed by atoms with Gasteiger partial charge in [0, 0.05) is 25.9 Å². The predicted octanol–water partition coefficient (Wildman–Crippen LogP) is -4.12. The number of nitrogens with zero attached hydrogens (tertiary/aromatic N) is 1. The normalized spacial score (nSPS) is 18.6. The number of β-amino-alcohol motifs (C(OH)–C–C–N with tert-alkyl or cyclic N) is 1. The molecule has 2 heterocycles. The Labute approximate surface area is 405 Å². The number of amides is 10. The summed E-state index contributed by atoms with van der Waals surface area (Å²) in [6.07, 6.45) is -0.295. The second-order valence-electron chi connectivity index (χ2n) is 18.3. The van der Waals surface area contributed by atoms with Crippen molar-refractivity contribution in [2.75, 3.05) is 32.7 Å². The highest BCUT2D eigenvalue weighted by molar-refractivity contribution is 5.97. The number of nitrogens with one attached hydrogen (secondary N) is 9. The van der Waals surface area contributed by atoms with Crippen molar-refractivity contribution in [3.8, 4) is 5.75 Å². The molecule has 0 unspecified atom stereocenters. The molecular weight excluding hydrogens is 919 g/mol. The van der Waals surface area contributed by atoms with E-state index < -0.39 is 133 Å². The first-order valence-corrected chi connectivity index (χ1v) is 23.3. The van der Waals surface area contributed by atoms with Gasteiger partial charge >= 0.3 is 5.97 Å². The molecule has 2 aliphatic rings. The lowest BCUT2D eigenvalue weighted by molar-refractivity contribution is -0.144. The smallest absolute Gasteiger partial charge is 0.326 e. The number of primary amides is 1. The minimum Gasteiger partial charge on any atom is -0.508 e. The maximum Gasteiger partial charge on any atom is 0.326 e. The summed E-state index contributed by atoms with van der Waals surface area (Å²) in [5.74, 6) is -8.93. The number of hydrogen-bond donors (Lipinski definition) is 13. The number of carboxylic acid groups (broad SMARTS) is 1. The summed E-state index contributed by atoms with van der Waals surface area (Å²) in [6, 6.07) is -2.18. The van der Waals surface area contributed by atoms with Crippen LogP contribution in [0.5, 0.6) is 5.75 Å². The summed E-state index contributed by atoms with van der Waals surface area (Å²) in [4.78, 5) is 143. The molecule has 25 heteroatoms. The molecule has 0 bridgehead atoms. The van der Waals surface area contributed by atoms with Crippen LogP contribution in [0, 0.1) is 11.8 Å². The first-order valence-electron chi connectivity index (χ1n) is 23.3. The molecule has 3 rings (SSSR count). The van der Waals surface area contributed by atoms with E-state index in [2.05, 4.69) is 47.9 Å². The Morgan fingerprint density at radius 3 is 1.84 bits per heavy atom. The largest absolute Gasteiger partial charge is 0.508 e. The Kier molecular flexibility index (Phi) is 22.9. The van der Waals surface area contributed by atoms with Crippen LogP contribution in [-0.2, 0) is 59.2 Å². The summed E-state index contributed by atoms with van der Waals surface area (Å²) >= 11 is 0. The molecule has 1 aromatic carbocycles. The third kappa shape index (κ3) is 19.6. The fourth-order valence-electron chi connectivity index (χ4n) is 7.69. The number of rotatable bonds is 27. The Balaban J connectivity index is 1.54. The van der Waals surface area contributed by atoms with Crippen LogP contribution in [0.4, 0.5) is 0 Å². The van der Waals surface area contributed by atoms with Gasteiger partial charge < -0.3 is 73.8 Å². The van der Waals surface area contributed by atoms with Crippen LogP contribution >= 0.6 is 0 Å². The highest BCUT2D eigenvalue weighted by atomic mass is 16.4. The fraction of sp³-hybridized carbons (Fsp3) is 0.622. The van der Waals surface area contributed by atoms with Crippen molar-refractivity contribution < 1.29 is 68.1 Å². The highest BCUT2D eigenvalue weighted by Gasteiger charge is 2.37. The number of phenolic OH excluding ortho intramolecular Hbond substituents is 1. The van der Waals surface area contributed by atoms with Crippen LogP contribution in [0.2, 0.25) is 0 Å². The van der Waals surface area contributed by atoms with Crippen molar-refractivity contribution in [1.82, 2.24) is 52.8 Å². The molecule has 0 spiro atoms. The van der Waals surface area contributed by atoms with Crippen LogP contribution < -0.4 is 53.6 Å². The van der Waals surface area contributed by atoms with Gasteiger partial charge in [0.1, 0.15) is 42.0 Å². The second-order valence-corrected chi connectivity index (χ2v) is 18.3. The molecule has 70 heavy (non-hydrogen) atoms. The van der Waals surface area contributed by atoms with Gasteiger partial charge in [0.15, 0.2) is 0 Å². The van der Waals surface area contributed by atoms with Gasteiger partial charge in [-0.05, 0) is 75.0 Å². The van der Waals surface area contributed by atoms with E-state index in [9.17, 15) is 68.1 Å². The zero-order valence-electron chi connectivity index (χ0n) is 40.1. The third-order valence-corrected chi connectivity index (χ3v) is 11.3.